The number of aryl methyl sites for hydroxylation is 1. The smallest absolute Gasteiger partial charge is 0.272 e. The average Bonchev–Trinajstić information content (AvgIpc) is 3.24. The number of methoxy groups -OCH3 is 1. The minimum atomic E-state index is 0.0893. The number of amides is 1. The van der Waals surface area contributed by atoms with Crippen LogP contribution in [0.25, 0.3) is 0 Å². The quantitative estimate of drug-likeness (QED) is 0.846. The molecule has 2 aliphatic rings. The molecule has 2 aromatic rings. The zero-order valence-corrected chi connectivity index (χ0v) is 15.6. The van der Waals surface area contributed by atoms with E-state index in [0.29, 0.717) is 23.6 Å². The van der Waals surface area contributed by atoms with Crippen molar-refractivity contribution in [1.29, 1.82) is 0 Å². The third-order valence-electron chi connectivity index (χ3n) is 6.06. The first kappa shape index (κ1) is 17.1. The van der Waals surface area contributed by atoms with Crippen molar-refractivity contribution in [2.45, 2.75) is 18.4 Å². The Labute approximate surface area is 154 Å². The van der Waals surface area contributed by atoms with Gasteiger partial charge in [0.25, 0.3) is 5.91 Å². The monoisotopic (exact) mass is 354 g/mol. The normalized spacial score (nSPS) is 26.0. The highest BCUT2D eigenvalue weighted by Crippen LogP contribution is 2.41. The second-order valence-corrected chi connectivity index (χ2v) is 7.43. The summed E-state index contributed by atoms with van der Waals surface area (Å²) in [6.07, 6.45) is 2.71. The molecular weight excluding hydrogens is 328 g/mol. The van der Waals surface area contributed by atoms with Crippen molar-refractivity contribution >= 4 is 5.91 Å². The van der Waals surface area contributed by atoms with Crippen LogP contribution in [0.3, 0.4) is 0 Å². The average molecular weight is 354 g/mol. The summed E-state index contributed by atoms with van der Waals surface area (Å²) in [6, 6.07) is 10.7. The first-order chi connectivity index (χ1) is 12.6. The minimum absolute atomic E-state index is 0.0893. The van der Waals surface area contributed by atoms with Crippen LogP contribution in [0, 0.1) is 5.92 Å². The van der Waals surface area contributed by atoms with Crippen LogP contribution < -0.4 is 4.74 Å². The fourth-order valence-electron chi connectivity index (χ4n) is 4.63. The predicted molar refractivity (Wildman–Crippen MR) is 99.4 cm³/mol. The van der Waals surface area contributed by atoms with Crippen molar-refractivity contribution in [2.24, 2.45) is 13.0 Å². The molecule has 138 valence electrons. The number of hydrogen-bond donors (Lipinski definition) is 0. The van der Waals surface area contributed by atoms with E-state index < -0.39 is 0 Å². The number of carbonyl (C=O) groups excluding carboxylic acids is 1. The van der Waals surface area contributed by atoms with Gasteiger partial charge in [-0.15, -0.1) is 0 Å². The molecule has 6 nitrogen and oxygen atoms in total. The third-order valence-corrected chi connectivity index (χ3v) is 6.06. The SMILES string of the molecule is COc1ccc([C@H]2CN(C)[C@@H]3CCN(C(=O)c4ccnn4C)C[C@H]23)cc1. The van der Waals surface area contributed by atoms with Crippen LogP contribution in [-0.4, -0.2) is 65.3 Å². The fraction of sp³-hybridized carbons (Fsp3) is 0.500. The number of hydrogen-bond acceptors (Lipinski definition) is 4. The maximum Gasteiger partial charge on any atom is 0.272 e. The van der Waals surface area contributed by atoms with E-state index in [2.05, 4.69) is 29.2 Å². The molecule has 26 heavy (non-hydrogen) atoms. The number of likely N-dealkylation sites (N-methyl/N-ethyl adjacent to an activating group) is 1. The topological polar surface area (TPSA) is 50.6 Å². The molecule has 3 atom stereocenters. The van der Waals surface area contributed by atoms with Crippen molar-refractivity contribution in [3.05, 3.63) is 47.8 Å². The fourth-order valence-corrected chi connectivity index (χ4v) is 4.63. The number of fused-ring (bicyclic) bond motifs is 1. The molecule has 3 heterocycles. The van der Waals surface area contributed by atoms with Crippen molar-refractivity contribution < 1.29 is 9.53 Å². The van der Waals surface area contributed by atoms with Crippen LogP contribution >= 0.6 is 0 Å². The maximum atomic E-state index is 12.9. The van der Waals surface area contributed by atoms with Crippen LogP contribution in [0.4, 0.5) is 0 Å². The van der Waals surface area contributed by atoms with Gasteiger partial charge >= 0.3 is 0 Å². The van der Waals surface area contributed by atoms with Gasteiger partial charge in [0.2, 0.25) is 0 Å². The van der Waals surface area contributed by atoms with Gasteiger partial charge in [0.15, 0.2) is 0 Å². The zero-order valence-electron chi connectivity index (χ0n) is 15.6. The number of likely N-dealkylation sites (tertiary alicyclic amines) is 2. The molecule has 0 radical (unpaired) electrons. The van der Waals surface area contributed by atoms with E-state index in [-0.39, 0.29) is 5.91 Å². The van der Waals surface area contributed by atoms with E-state index in [0.717, 1.165) is 31.8 Å². The first-order valence-corrected chi connectivity index (χ1v) is 9.20. The van der Waals surface area contributed by atoms with Crippen molar-refractivity contribution in [3.8, 4) is 5.75 Å². The van der Waals surface area contributed by atoms with E-state index in [1.165, 1.54) is 5.56 Å². The van der Waals surface area contributed by atoms with Gasteiger partial charge in [-0.3, -0.25) is 9.48 Å². The minimum Gasteiger partial charge on any atom is -0.497 e. The molecule has 0 saturated carbocycles. The highest BCUT2D eigenvalue weighted by molar-refractivity contribution is 5.92. The summed E-state index contributed by atoms with van der Waals surface area (Å²) < 4.78 is 6.95. The standard InChI is InChI=1S/C20H26N4O2/c1-22-12-16(14-4-6-15(26-3)7-5-14)17-13-24(11-9-18(17)22)20(25)19-8-10-21-23(19)2/h4-8,10,16-18H,9,11-13H2,1-3H3/t16-,17-,18-/m1/s1. The van der Waals surface area contributed by atoms with Gasteiger partial charge < -0.3 is 14.5 Å². The van der Waals surface area contributed by atoms with Gasteiger partial charge in [0, 0.05) is 50.8 Å². The maximum absolute atomic E-state index is 12.9. The lowest BCUT2D eigenvalue weighted by Gasteiger charge is -2.38. The molecule has 4 rings (SSSR count). The van der Waals surface area contributed by atoms with Crippen LogP contribution in [-0.2, 0) is 7.05 Å². The molecule has 2 aliphatic heterocycles. The van der Waals surface area contributed by atoms with Crippen molar-refractivity contribution in [1.82, 2.24) is 19.6 Å². The number of carbonyl (C=O) groups is 1. The molecular formula is C20H26N4O2. The summed E-state index contributed by atoms with van der Waals surface area (Å²) in [5.41, 5.74) is 2.00. The summed E-state index contributed by atoms with van der Waals surface area (Å²) in [6.45, 7) is 2.65. The number of ether oxygens (including phenoxy) is 1. The highest BCUT2D eigenvalue weighted by atomic mass is 16.5. The third kappa shape index (κ3) is 2.88. The molecule has 0 spiro atoms. The number of nitrogens with zero attached hydrogens (tertiary/aromatic N) is 4. The van der Waals surface area contributed by atoms with Crippen LogP contribution in [0.1, 0.15) is 28.4 Å². The lowest BCUT2D eigenvalue weighted by molar-refractivity contribution is 0.0597. The van der Waals surface area contributed by atoms with Gasteiger partial charge in [-0.2, -0.15) is 5.10 Å². The number of benzene rings is 1. The Morgan fingerprint density at radius 2 is 1.92 bits per heavy atom. The summed E-state index contributed by atoms with van der Waals surface area (Å²) in [5.74, 6) is 1.87. The molecule has 2 fully saturated rings. The molecule has 1 aromatic heterocycles. The molecule has 0 aliphatic carbocycles. The second-order valence-electron chi connectivity index (χ2n) is 7.43. The Bertz CT molecular complexity index is 785. The van der Waals surface area contributed by atoms with Crippen molar-refractivity contribution in [2.75, 3.05) is 33.8 Å². The van der Waals surface area contributed by atoms with Crippen LogP contribution in [0.2, 0.25) is 0 Å². The summed E-state index contributed by atoms with van der Waals surface area (Å²) >= 11 is 0. The number of rotatable bonds is 3. The lowest BCUT2D eigenvalue weighted by atomic mass is 9.81. The Balaban J connectivity index is 1.55. The molecule has 1 aromatic carbocycles. The second kappa shape index (κ2) is 6.76. The van der Waals surface area contributed by atoms with E-state index in [1.807, 2.05) is 24.1 Å². The highest BCUT2D eigenvalue weighted by Gasteiger charge is 2.44. The molecule has 1 amide bonds. The van der Waals surface area contributed by atoms with E-state index in [1.54, 1.807) is 24.1 Å². The molecule has 0 N–H and O–H groups in total. The molecule has 6 heteroatoms. The van der Waals surface area contributed by atoms with Gasteiger partial charge in [-0.05, 0) is 37.2 Å². The molecule has 0 bridgehead atoms. The predicted octanol–water partition coefficient (Wildman–Crippen LogP) is 1.99. The summed E-state index contributed by atoms with van der Waals surface area (Å²) in [7, 11) is 5.72. The Hall–Kier alpha value is -2.34. The Kier molecular flexibility index (Phi) is 4.44. The van der Waals surface area contributed by atoms with Crippen molar-refractivity contribution in [3.63, 3.8) is 0 Å². The van der Waals surface area contributed by atoms with Gasteiger partial charge in [0.1, 0.15) is 11.4 Å². The van der Waals surface area contributed by atoms with E-state index >= 15 is 0 Å². The van der Waals surface area contributed by atoms with Gasteiger partial charge in [0.05, 0.1) is 7.11 Å². The lowest BCUT2D eigenvalue weighted by Crippen LogP contribution is -2.48. The summed E-state index contributed by atoms with van der Waals surface area (Å²) in [5, 5.41) is 4.14. The Morgan fingerprint density at radius 1 is 1.15 bits per heavy atom. The van der Waals surface area contributed by atoms with Gasteiger partial charge in [-0.1, -0.05) is 12.1 Å². The number of aromatic nitrogens is 2. The first-order valence-electron chi connectivity index (χ1n) is 9.20. The van der Waals surface area contributed by atoms with E-state index in [9.17, 15) is 4.79 Å². The van der Waals surface area contributed by atoms with E-state index in [4.69, 9.17) is 4.74 Å². The largest absolute Gasteiger partial charge is 0.497 e. The van der Waals surface area contributed by atoms with Gasteiger partial charge in [-0.25, -0.2) is 0 Å². The molecule has 0 unspecified atom stereocenters. The molecule has 2 saturated heterocycles. The van der Waals surface area contributed by atoms with Crippen LogP contribution in [0.5, 0.6) is 5.75 Å². The zero-order chi connectivity index (χ0) is 18.3. The number of piperidine rings is 1. The van der Waals surface area contributed by atoms with Crippen LogP contribution in [0.15, 0.2) is 36.5 Å². The Morgan fingerprint density at radius 3 is 2.58 bits per heavy atom. The summed E-state index contributed by atoms with van der Waals surface area (Å²) in [4.78, 5) is 17.4.